The summed E-state index contributed by atoms with van der Waals surface area (Å²) >= 11 is 0. The Balaban J connectivity index is 1.31. The first-order valence-corrected chi connectivity index (χ1v) is 10.8. The molecule has 5 rings (SSSR count). The van der Waals surface area contributed by atoms with Gasteiger partial charge in [-0.25, -0.2) is 9.97 Å². The first-order chi connectivity index (χ1) is 15.2. The van der Waals surface area contributed by atoms with Gasteiger partial charge in [0.15, 0.2) is 0 Å². The van der Waals surface area contributed by atoms with Gasteiger partial charge in [-0.15, -0.1) is 0 Å². The summed E-state index contributed by atoms with van der Waals surface area (Å²) in [5, 5.41) is 3.38. The lowest BCUT2D eigenvalue weighted by Gasteiger charge is -2.39. The van der Waals surface area contributed by atoms with Crippen molar-refractivity contribution < 1.29 is 9.53 Å². The Morgan fingerprint density at radius 2 is 1.81 bits per heavy atom. The molecule has 6 nitrogen and oxygen atoms in total. The van der Waals surface area contributed by atoms with E-state index in [0.717, 1.165) is 38.2 Å². The first-order valence-electron chi connectivity index (χ1n) is 10.8. The third kappa shape index (κ3) is 4.30. The summed E-state index contributed by atoms with van der Waals surface area (Å²) in [7, 11) is 0. The molecule has 31 heavy (non-hydrogen) atoms. The van der Waals surface area contributed by atoms with E-state index in [1.165, 1.54) is 11.1 Å². The lowest BCUT2D eigenvalue weighted by atomic mass is 9.76. The third-order valence-electron chi connectivity index (χ3n) is 6.31. The number of amides is 1. The van der Waals surface area contributed by atoms with E-state index in [-0.39, 0.29) is 11.4 Å². The largest absolute Gasteiger partial charge is 0.424 e. The van der Waals surface area contributed by atoms with Crippen LogP contribution < -0.4 is 10.1 Å². The van der Waals surface area contributed by atoms with Gasteiger partial charge in [0.2, 0.25) is 5.91 Å². The Morgan fingerprint density at radius 1 is 1.03 bits per heavy atom. The SMILES string of the molecule is O=C1CCC[C@]2(CN(Cc3ccc(Oc4ncccn4)cc3)C[C@H]2c2ccccc2)N1. The van der Waals surface area contributed by atoms with Crippen LogP contribution in [0.25, 0.3) is 0 Å². The van der Waals surface area contributed by atoms with Crippen LogP contribution in [0.2, 0.25) is 0 Å². The number of aromatic nitrogens is 2. The molecule has 2 aromatic carbocycles. The van der Waals surface area contributed by atoms with E-state index >= 15 is 0 Å². The zero-order valence-corrected chi connectivity index (χ0v) is 17.4. The van der Waals surface area contributed by atoms with Crippen LogP contribution in [-0.2, 0) is 11.3 Å². The molecule has 3 aromatic rings. The molecule has 2 aliphatic heterocycles. The number of hydrogen-bond donors (Lipinski definition) is 1. The van der Waals surface area contributed by atoms with Crippen LogP contribution in [-0.4, -0.2) is 39.4 Å². The topological polar surface area (TPSA) is 67.4 Å². The molecular formula is C25H26N4O2. The summed E-state index contributed by atoms with van der Waals surface area (Å²) in [6, 6.07) is 20.8. The minimum Gasteiger partial charge on any atom is -0.424 e. The van der Waals surface area contributed by atoms with Gasteiger partial charge >= 0.3 is 6.01 Å². The summed E-state index contributed by atoms with van der Waals surface area (Å²) < 4.78 is 5.70. The minimum atomic E-state index is -0.176. The smallest absolute Gasteiger partial charge is 0.321 e. The van der Waals surface area contributed by atoms with Gasteiger partial charge in [-0.2, -0.15) is 0 Å². The zero-order chi connectivity index (χ0) is 21.1. The van der Waals surface area contributed by atoms with Gasteiger partial charge in [0.25, 0.3) is 0 Å². The lowest BCUT2D eigenvalue weighted by molar-refractivity contribution is -0.125. The molecule has 0 radical (unpaired) electrons. The van der Waals surface area contributed by atoms with Crippen LogP contribution in [0.1, 0.15) is 36.3 Å². The zero-order valence-electron chi connectivity index (χ0n) is 17.4. The van der Waals surface area contributed by atoms with E-state index in [2.05, 4.69) is 56.6 Å². The first kappa shape index (κ1) is 19.7. The number of carbonyl (C=O) groups is 1. The summed E-state index contributed by atoms with van der Waals surface area (Å²) in [6.45, 7) is 2.64. The van der Waals surface area contributed by atoms with Crippen molar-refractivity contribution >= 4 is 5.91 Å². The number of piperidine rings is 1. The van der Waals surface area contributed by atoms with Crippen molar-refractivity contribution in [2.45, 2.75) is 37.3 Å². The van der Waals surface area contributed by atoms with E-state index in [1.54, 1.807) is 18.5 Å². The standard InChI is InChI=1S/C25H26N4O2/c30-23-8-4-13-25(28-23)18-29(17-22(25)20-6-2-1-3-7-20)16-19-9-11-21(12-10-19)31-24-26-14-5-15-27-24/h1-3,5-7,9-12,14-15,22H,4,8,13,16-18H2,(H,28,30)/t22-,25+/m0/s1. The molecule has 158 valence electrons. The van der Waals surface area contributed by atoms with Crippen LogP contribution in [0.15, 0.2) is 73.1 Å². The Kier molecular flexibility index (Phi) is 5.38. The Morgan fingerprint density at radius 3 is 2.55 bits per heavy atom. The maximum Gasteiger partial charge on any atom is 0.321 e. The number of nitrogens with one attached hydrogen (secondary N) is 1. The molecular weight excluding hydrogens is 388 g/mol. The molecule has 0 unspecified atom stereocenters. The predicted octanol–water partition coefficient (Wildman–Crippen LogP) is 3.91. The van der Waals surface area contributed by atoms with Gasteiger partial charge in [-0.1, -0.05) is 42.5 Å². The van der Waals surface area contributed by atoms with Gasteiger partial charge in [-0.05, 0) is 42.2 Å². The van der Waals surface area contributed by atoms with Crippen molar-refractivity contribution in [2.24, 2.45) is 0 Å². The highest BCUT2D eigenvalue weighted by Crippen LogP contribution is 2.41. The normalized spacial score (nSPS) is 23.6. The molecule has 6 heteroatoms. The molecule has 2 saturated heterocycles. The average Bonchev–Trinajstić information content (AvgIpc) is 3.13. The third-order valence-corrected chi connectivity index (χ3v) is 6.31. The van der Waals surface area contributed by atoms with Crippen LogP contribution >= 0.6 is 0 Å². The number of ether oxygens (including phenoxy) is 1. The summed E-state index contributed by atoms with van der Waals surface area (Å²) in [5.74, 6) is 1.20. The molecule has 2 aliphatic rings. The molecule has 1 N–H and O–H groups in total. The van der Waals surface area contributed by atoms with Crippen LogP contribution in [0.3, 0.4) is 0 Å². The quantitative estimate of drug-likeness (QED) is 0.686. The maximum absolute atomic E-state index is 12.3. The van der Waals surface area contributed by atoms with Crippen LogP contribution in [0, 0.1) is 0 Å². The van der Waals surface area contributed by atoms with E-state index in [9.17, 15) is 4.79 Å². The van der Waals surface area contributed by atoms with Gasteiger partial charge < -0.3 is 10.1 Å². The second-order valence-electron chi connectivity index (χ2n) is 8.47. The second kappa shape index (κ2) is 8.47. The highest BCUT2D eigenvalue weighted by Gasteiger charge is 2.49. The van der Waals surface area contributed by atoms with Gasteiger partial charge in [0.1, 0.15) is 5.75 Å². The number of hydrogen-bond acceptors (Lipinski definition) is 5. The van der Waals surface area contributed by atoms with Crippen molar-refractivity contribution in [3.8, 4) is 11.8 Å². The van der Waals surface area contributed by atoms with Crippen molar-refractivity contribution in [3.05, 3.63) is 84.2 Å². The summed E-state index contributed by atoms with van der Waals surface area (Å²) in [5.41, 5.74) is 2.34. The number of likely N-dealkylation sites (tertiary alicyclic amines) is 1. The van der Waals surface area contributed by atoms with E-state index in [1.807, 2.05) is 18.2 Å². The fourth-order valence-corrected chi connectivity index (χ4v) is 4.95. The van der Waals surface area contributed by atoms with Gasteiger partial charge in [0, 0.05) is 44.4 Å². The number of nitrogens with zero attached hydrogens (tertiary/aromatic N) is 3. The summed E-state index contributed by atoms with van der Waals surface area (Å²) in [6.07, 6.45) is 5.94. The fourth-order valence-electron chi connectivity index (χ4n) is 4.95. The van der Waals surface area contributed by atoms with Crippen molar-refractivity contribution in [3.63, 3.8) is 0 Å². The molecule has 0 bridgehead atoms. The molecule has 0 aliphatic carbocycles. The monoisotopic (exact) mass is 414 g/mol. The highest BCUT2D eigenvalue weighted by atomic mass is 16.5. The molecule has 1 amide bonds. The number of rotatable bonds is 5. The number of benzene rings is 2. The van der Waals surface area contributed by atoms with Crippen LogP contribution in [0.5, 0.6) is 11.8 Å². The average molecular weight is 415 g/mol. The Hall–Kier alpha value is -3.25. The van der Waals surface area contributed by atoms with Crippen LogP contribution in [0.4, 0.5) is 0 Å². The highest BCUT2D eigenvalue weighted by molar-refractivity contribution is 5.78. The van der Waals surface area contributed by atoms with Crippen molar-refractivity contribution in [2.75, 3.05) is 13.1 Å². The maximum atomic E-state index is 12.3. The number of carbonyl (C=O) groups excluding carboxylic acids is 1. The molecule has 0 saturated carbocycles. The molecule has 2 atom stereocenters. The Labute approximate surface area is 182 Å². The second-order valence-corrected chi connectivity index (χ2v) is 8.47. The predicted molar refractivity (Wildman–Crippen MR) is 118 cm³/mol. The lowest BCUT2D eigenvalue weighted by Crippen LogP contribution is -2.56. The van der Waals surface area contributed by atoms with Crippen molar-refractivity contribution in [1.29, 1.82) is 0 Å². The van der Waals surface area contributed by atoms with Gasteiger partial charge in [-0.3, -0.25) is 9.69 Å². The van der Waals surface area contributed by atoms with Crippen molar-refractivity contribution in [1.82, 2.24) is 20.2 Å². The minimum absolute atomic E-state index is 0.176. The van der Waals surface area contributed by atoms with E-state index in [4.69, 9.17) is 4.74 Å². The fraction of sp³-hybridized carbons (Fsp3) is 0.320. The molecule has 3 heterocycles. The van der Waals surface area contributed by atoms with E-state index < -0.39 is 0 Å². The Bertz CT molecular complexity index is 1030. The molecule has 2 fully saturated rings. The van der Waals surface area contributed by atoms with E-state index in [0.29, 0.717) is 18.3 Å². The molecule has 1 spiro atoms. The summed E-state index contributed by atoms with van der Waals surface area (Å²) in [4.78, 5) is 22.9. The molecule has 1 aromatic heterocycles. The van der Waals surface area contributed by atoms with Gasteiger partial charge in [0.05, 0.1) is 5.54 Å².